The van der Waals surface area contributed by atoms with Crippen molar-refractivity contribution in [1.82, 2.24) is 4.98 Å². The first-order chi connectivity index (χ1) is 9.51. The van der Waals surface area contributed by atoms with Crippen LogP contribution in [0.2, 0.25) is 10.0 Å². The molecule has 2 aromatic rings. The van der Waals surface area contributed by atoms with Crippen molar-refractivity contribution in [2.24, 2.45) is 5.84 Å². The molecule has 1 aromatic carbocycles. The zero-order chi connectivity index (χ0) is 14.7. The highest BCUT2D eigenvalue weighted by Gasteiger charge is 2.07. The van der Waals surface area contributed by atoms with Crippen molar-refractivity contribution in [1.29, 1.82) is 0 Å². The van der Waals surface area contributed by atoms with Crippen molar-refractivity contribution >= 4 is 29.0 Å². The molecule has 0 radical (unpaired) electrons. The Morgan fingerprint density at radius 1 is 1.20 bits per heavy atom. The fourth-order valence-electron chi connectivity index (χ4n) is 1.81. The highest BCUT2D eigenvalue weighted by Crippen LogP contribution is 2.27. The molecule has 0 saturated carbocycles. The number of nitrogen functional groups attached to an aromatic ring is 1. The molecule has 4 nitrogen and oxygen atoms in total. The zero-order valence-corrected chi connectivity index (χ0v) is 12.7. The minimum absolute atomic E-state index is 0.259. The van der Waals surface area contributed by atoms with Crippen molar-refractivity contribution < 1.29 is 4.74 Å². The number of hydrogen-bond donors (Lipinski definition) is 2. The van der Waals surface area contributed by atoms with Gasteiger partial charge in [-0.05, 0) is 49.2 Å². The number of rotatable bonds is 4. The first-order valence-electron chi connectivity index (χ1n) is 6.03. The maximum Gasteiger partial charge on any atom is 0.140 e. The second-order valence-corrected chi connectivity index (χ2v) is 5.21. The Morgan fingerprint density at radius 3 is 2.45 bits per heavy atom. The summed E-state index contributed by atoms with van der Waals surface area (Å²) in [6.07, 6.45) is 0. The quantitative estimate of drug-likeness (QED) is 0.664. The molecule has 1 aromatic heterocycles. The smallest absolute Gasteiger partial charge is 0.140 e. The van der Waals surface area contributed by atoms with E-state index in [9.17, 15) is 0 Å². The van der Waals surface area contributed by atoms with E-state index in [0.29, 0.717) is 16.5 Å². The predicted molar refractivity (Wildman–Crippen MR) is 82.3 cm³/mol. The average molecular weight is 312 g/mol. The Labute approximate surface area is 127 Å². The monoisotopic (exact) mass is 311 g/mol. The lowest BCUT2D eigenvalue weighted by atomic mass is 10.1. The van der Waals surface area contributed by atoms with Crippen LogP contribution in [-0.4, -0.2) is 4.98 Å². The third kappa shape index (κ3) is 3.33. The summed E-state index contributed by atoms with van der Waals surface area (Å²) < 4.78 is 5.71. The first kappa shape index (κ1) is 14.9. The minimum atomic E-state index is 0.259. The molecule has 0 aliphatic heterocycles. The maximum absolute atomic E-state index is 6.12. The Hall–Kier alpha value is -1.49. The van der Waals surface area contributed by atoms with Crippen molar-refractivity contribution in [3.63, 3.8) is 0 Å². The molecule has 1 heterocycles. The molecule has 6 heteroatoms. The normalized spacial score (nSPS) is 10.4. The van der Waals surface area contributed by atoms with Crippen LogP contribution in [0, 0.1) is 13.8 Å². The molecular formula is C14H15Cl2N3O. The molecule has 0 saturated heterocycles. The largest absolute Gasteiger partial charge is 0.487 e. The number of nitrogens with one attached hydrogen (secondary N) is 1. The first-order valence-corrected chi connectivity index (χ1v) is 6.78. The van der Waals surface area contributed by atoms with Crippen molar-refractivity contribution in [2.45, 2.75) is 20.5 Å². The van der Waals surface area contributed by atoms with Gasteiger partial charge in [0.1, 0.15) is 18.2 Å². The summed E-state index contributed by atoms with van der Waals surface area (Å²) in [7, 11) is 0. The van der Waals surface area contributed by atoms with E-state index in [1.807, 2.05) is 26.0 Å². The van der Waals surface area contributed by atoms with Gasteiger partial charge in [-0.25, -0.2) is 10.8 Å². The fraction of sp³-hybridized carbons (Fsp3) is 0.214. The van der Waals surface area contributed by atoms with Crippen LogP contribution >= 0.6 is 23.2 Å². The second-order valence-electron chi connectivity index (χ2n) is 4.43. The Bertz CT molecular complexity index is 609. The second kappa shape index (κ2) is 6.31. The molecule has 0 spiro atoms. The molecule has 0 bridgehead atoms. The number of hydrazine groups is 1. The molecule has 106 valence electrons. The number of aromatic nitrogens is 1. The average Bonchev–Trinajstić information content (AvgIpc) is 2.43. The van der Waals surface area contributed by atoms with Gasteiger partial charge in [-0.1, -0.05) is 23.2 Å². The van der Waals surface area contributed by atoms with Gasteiger partial charge in [-0.3, -0.25) is 0 Å². The van der Waals surface area contributed by atoms with Crippen LogP contribution in [0.15, 0.2) is 24.3 Å². The number of nitrogens with two attached hydrogens (primary N) is 1. The summed E-state index contributed by atoms with van der Waals surface area (Å²) in [5.74, 6) is 6.59. The number of benzene rings is 1. The summed E-state index contributed by atoms with van der Waals surface area (Å²) in [6.45, 7) is 4.13. The van der Waals surface area contributed by atoms with Crippen molar-refractivity contribution in [2.75, 3.05) is 5.43 Å². The van der Waals surface area contributed by atoms with Crippen molar-refractivity contribution in [3.8, 4) is 5.75 Å². The molecule has 20 heavy (non-hydrogen) atoms. The van der Waals surface area contributed by atoms with Gasteiger partial charge in [0.05, 0.1) is 10.7 Å². The van der Waals surface area contributed by atoms with E-state index < -0.39 is 0 Å². The van der Waals surface area contributed by atoms with Crippen LogP contribution < -0.4 is 16.0 Å². The Kier molecular flexibility index (Phi) is 4.70. The van der Waals surface area contributed by atoms with E-state index >= 15 is 0 Å². The molecule has 0 aliphatic rings. The van der Waals surface area contributed by atoms with E-state index in [-0.39, 0.29) is 6.61 Å². The van der Waals surface area contributed by atoms with Gasteiger partial charge in [0.15, 0.2) is 0 Å². The van der Waals surface area contributed by atoms with Gasteiger partial charge >= 0.3 is 0 Å². The van der Waals surface area contributed by atoms with Crippen LogP contribution in [0.5, 0.6) is 5.75 Å². The van der Waals surface area contributed by atoms with Crippen LogP contribution in [-0.2, 0) is 6.61 Å². The summed E-state index contributed by atoms with van der Waals surface area (Å²) in [5.41, 5.74) is 5.03. The van der Waals surface area contributed by atoms with E-state index in [4.69, 9.17) is 33.8 Å². The topological polar surface area (TPSA) is 60.2 Å². The van der Waals surface area contributed by atoms with Gasteiger partial charge in [0.2, 0.25) is 0 Å². The number of anilines is 1. The number of pyridine rings is 1. The number of halogens is 2. The third-order valence-electron chi connectivity index (χ3n) is 2.85. The third-order valence-corrected chi connectivity index (χ3v) is 3.79. The lowest BCUT2D eigenvalue weighted by Crippen LogP contribution is -2.10. The van der Waals surface area contributed by atoms with Gasteiger partial charge in [0.25, 0.3) is 0 Å². The van der Waals surface area contributed by atoms with Crippen LogP contribution in [0.25, 0.3) is 0 Å². The number of aryl methyl sites for hydroxylation is 2. The van der Waals surface area contributed by atoms with Gasteiger partial charge in [0, 0.05) is 5.02 Å². The van der Waals surface area contributed by atoms with E-state index in [1.165, 1.54) is 0 Å². The molecule has 0 atom stereocenters. The highest BCUT2D eigenvalue weighted by atomic mass is 35.5. The lowest BCUT2D eigenvalue weighted by Gasteiger charge is -2.11. The molecule has 0 fully saturated rings. The molecule has 0 unspecified atom stereocenters. The molecule has 0 aliphatic carbocycles. The number of hydrogen-bond acceptors (Lipinski definition) is 4. The summed E-state index contributed by atoms with van der Waals surface area (Å²) in [6, 6.07) is 7.19. The number of nitrogens with zero attached hydrogens (tertiary/aromatic N) is 1. The highest BCUT2D eigenvalue weighted by molar-refractivity contribution is 6.32. The predicted octanol–water partition coefficient (Wildman–Crippen LogP) is 3.87. The molecule has 2 rings (SSSR count). The summed E-state index contributed by atoms with van der Waals surface area (Å²) >= 11 is 12.2. The fourth-order valence-corrected chi connectivity index (χ4v) is 2.08. The van der Waals surface area contributed by atoms with Crippen LogP contribution in [0.4, 0.5) is 5.82 Å². The Morgan fingerprint density at radius 2 is 1.85 bits per heavy atom. The molecular weight excluding hydrogens is 297 g/mol. The lowest BCUT2D eigenvalue weighted by molar-refractivity contribution is 0.301. The molecule has 3 N–H and O–H groups in total. The van der Waals surface area contributed by atoms with Crippen LogP contribution in [0.3, 0.4) is 0 Å². The minimum Gasteiger partial charge on any atom is -0.487 e. The summed E-state index contributed by atoms with van der Waals surface area (Å²) in [4.78, 5) is 4.25. The van der Waals surface area contributed by atoms with Gasteiger partial charge in [-0.15, -0.1) is 0 Å². The molecule has 0 amide bonds. The van der Waals surface area contributed by atoms with Gasteiger partial charge in [-0.2, -0.15) is 0 Å². The SMILES string of the molecule is Cc1cc(OCc2nc(NN)ccc2Cl)cc(C)c1Cl. The van der Waals surface area contributed by atoms with Crippen LogP contribution in [0.1, 0.15) is 16.8 Å². The van der Waals surface area contributed by atoms with E-state index in [2.05, 4.69) is 10.4 Å². The van der Waals surface area contributed by atoms with Crippen molar-refractivity contribution in [3.05, 3.63) is 51.1 Å². The summed E-state index contributed by atoms with van der Waals surface area (Å²) in [5, 5.41) is 1.29. The Balaban J connectivity index is 2.16. The zero-order valence-electron chi connectivity index (χ0n) is 11.2. The number of ether oxygens (including phenoxy) is 1. The van der Waals surface area contributed by atoms with E-state index in [1.54, 1.807) is 12.1 Å². The maximum atomic E-state index is 6.12. The van der Waals surface area contributed by atoms with E-state index in [0.717, 1.165) is 21.9 Å². The standard InChI is InChI=1S/C14H15Cl2N3O/c1-8-5-10(6-9(2)14(8)16)20-7-12-11(15)3-4-13(18-12)19-17/h3-6H,7,17H2,1-2H3,(H,18,19). The van der Waals surface area contributed by atoms with Gasteiger partial charge < -0.3 is 10.2 Å².